The number of rotatable bonds is 4. The number of amides is 2. The molecule has 0 spiro atoms. The monoisotopic (exact) mass is 385 g/mol. The minimum absolute atomic E-state index is 0.0238. The van der Waals surface area contributed by atoms with E-state index in [1.165, 1.54) is 12.1 Å². The molecule has 0 aromatic carbocycles. The molecule has 0 N–H and O–H groups in total. The molecule has 1 saturated heterocycles. The number of aromatic nitrogens is 1. The van der Waals surface area contributed by atoms with Crippen molar-refractivity contribution >= 4 is 11.8 Å². The Hall–Kier alpha value is -3.16. The van der Waals surface area contributed by atoms with Crippen molar-refractivity contribution in [3.63, 3.8) is 0 Å². The van der Waals surface area contributed by atoms with Gasteiger partial charge in [0.05, 0.1) is 6.61 Å². The Balaban J connectivity index is 1.72. The predicted molar refractivity (Wildman–Crippen MR) is 102 cm³/mol. The molecule has 0 saturated carbocycles. The third kappa shape index (κ3) is 4.39. The third-order valence-electron chi connectivity index (χ3n) is 4.45. The molecule has 1 fully saturated rings. The normalized spacial score (nSPS) is 14.5. The van der Waals surface area contributed by atoms with E-state index in [1.54, 1.807) is 35.1 Å². The molecule has 0 aliphatic carbocycles. The molecule has 0 bridgehead atoms. The number of hydrogen-bond acceptors (Lipinski definition) is 6. The van der Waals surface area contributed by atoms with Gasteiger partial charge in [0.15, 0.2) is 11.2 Å². The zero-order valence-electron chi connectivity index (χ0n) is 16.0. The maximum Gasteiger partial charge on any atom is 0.289 e. The average Bonchev–Trinajstić information content (AvgIpc) is 2.93. The Labute approximate surface area is 162 Å². The highest BCUT2D eigenvalue weighted by atomic mass is 16.5. The van der Waals surface area contributed by atoms with E-state index in [0.29, 0.717) is 56.4 Å². The van der Waals surface area contributed by atoms with Gasteiger partial charge in [0.2, 0.25) is 5.88 Å². The molecule has 2 amide bonds. The minimum Gasteiger partial charge on any atom is -0.477 e. The Kier molecular flexibility index (Phi) is 6.08. The highest BCUT2D eigenvalue weighted by Crippen LogP contribution is 2.18. The Bertz CT molecular complexity index is 924. The highest BCUT2D eigenvalue weighted by molar-refractivity contribution is 5.96. The molecule has 0 unspecified atom stereocenters. The summed E-state index contributed by atoms with van der Waals surface area (Å²) in [6.07, 6.45) is 2.21. The van der Waals surface area contributed by atoms with Crippen LogP contribution in [0.3, 0.4) is 0 Å². The molecule has 8 heteroatoms. The van der Waals surface area contributed by atoms with Gasteiger partial charge in [0.25, 0.3) is 11.8 Å². The van der Waals surface area contributed by atoms with Crippen molar-refractivity contribution in [2.45, 2.75) is 20.3 Å². The average molecular weight is 385 g/mol. The molecule has 148 valence electrons. The van der Waals surface area contributed by atoms with E-state index in [2.05, 4.69) is 4.98 Å². The summed E-state index contributed by atoms with van der Waals surface area (Å²) in [5.74, 6) is 0.214. The molecule has 1 aliphatic heterocycles. The topological polar surface area (TPSA) is 93.0 Å². The lowest BCUT2D eigenvalue weighted by Gasteiger charge is -2.22. The number of hydrogen-bond donors (Lipinski definition) is 0. The predicted octanol–water partition coefficient (Wildman–Crippen LogP) is 1.73. The molecule has 0 radical (unpaired) electrons. The zero-order valence-corrected chi connectivity index (χ0v) is 16.0. The van der Waals surface area contributed by atoms with Gasteiger partial charge >= 0.3 is 0 Å². The van der Waals surface area contributed by atoms with Crippen LogP contribution in [-0.4, -0.2) is 59.4 Å². The molecule has 1 aliphatic rings. The van der Waals surface area contributed by atoms with E-state index in [9.17, 15) is 14.4 Å². The van der Waals surface area contributed by atoms with Gasteiger partial charge in [-0.15, -0.1) is 0 Å². The van der Waals surface area contributed by atoms with E-state index in [4.69, 9.17) is 9.15 Å². The van der Waals surface area contributed by atoms with Crippen LogP contribution in [0.15, 0.2) is 39.7 Å². The van der Waals surface area contributed by atoms with Crippen molar-refractivity contribution in [2.24, 2.45) is 0 Å². The minimum atomic E-state index is -0.341. The SMILES string of the molecule is CCOc1ncccc1C(=O)N1CCCN(C(=O)c2cc(=O)cc(C)o2)CC1. The third-order valence-corrected chi connectivity index (χ3v) is 4.45. The van der Waals surface area contributed by atoms with Crippen LogP contribution in [0.5, 0.6) is 5.88 Å². The second-order valence-electron chi connectivity index (χ2n) is 6.50. The maximum atomic E-state index is 12.9. The van der Waals surface area contributed by atoms with Gasteiger partial charge in [-0.05, 0) is 32.4 Å². The van der Waals surface area contributed by atoms with Gasteiger partial charge in [-0.2, -0.15) is 0 Å². The van der Waals surface area contributed by atoms with E-state index < -0.39 is 0 Å². The van der Waals surface area contributed by atoms with E-state index in [-0.39, 0.29) is 23.0 Å². The van der Waals surface area contributed by atoms with E-state index in [1.807, 2.05) is 6.92 Å². The Morgan fingerprint density at radius 2 is 1.86 bits per heavy atom. The summed E-state index contributed by atoms with van der Waals surface area (Å²) in [5, 5.41) is 0. The first-order valence-electron chi connectivity index (χ1n) is 9.27. The van der Waals surface area contributed by atoms with Crippen LogP contribution in [0, 0.1) is 6.92 Å². The lowest BCUT2D eigenvalue weighted by Crippen LogP contribution is -2.37. The lowest BCUT2D eigenvalue weighted by molar-refractivity contribution is 0.0695. The van der Waals surface area contributed by atoms with Crippen LogP contribution < -0.4 is 10.2 Å². The van der Waals surface area contributed by atoms with Crippen LogP contribution in [0.4, 0.5) is 0 Å². The summed E-state index contributed by atoms with van der Waals surface area (Å²) in [4.78, 5) is 44.7. The molecular formula is C20H23N3O5. The molecular weight excluding hydrogens is 362 g/mol. The fraction of sp³-hybridized carbons (Fsp3) is 0.400. The maximum absolute atomic E-state index is 12.9. The highest BCUT2D eigenvalue weighted by Gasteiger charge is 2.26. The molecule has 2 aromatic rings. The van der Waals surface area contributed by atoms with Crippen molar-refractivity contribution in [3.05, 3.63) is 57.8 Å². The van der Waals surface area contributed by atoms with Crippen molar-refractivity contribution in [1.82, 2.24) is 14.8 Å². The van der Waals surface area contributed by atoms with Gasteiger partial charge in [-0.25, -0.2) is 4.98 Å². The van der Waals surface area contributed by atoms with Crippen LogP contribution in [0.2, 0.25) is 0 Å². The molecule has 3 heterocycles. The van der Waals surface area contributed by atoms with Crippen LogP contribution in [0.1, 0.15) is 40.0 Å². The summed E-state index contributed by atoms with van der Waals surface area (Å²) < 4.78 is 10.9. The van der Waals surface area contributed by atoms with Crippen molar-refractivity contribution in [1.29, 1.82) is 0 Å². The molecule has 28 heavy (non-hydrogen) atoms. The molecule has 2 aromatic heterocycles. The van der Waals surface area contributed by atoms with Crippen LogP contribution in [-0.2, 0) is 0 Å². The smallest absolute Gasteiger partial charge is 0.289 e. The molecule has 3 rings (SSSR count). The quantitative estimate of drug-likeness (QED) is 0.796. The lowest BCUT2D eigenvalue weighted by atomic mass is 10.2. The summed E-state index contributed by atoms with van der Waals surface area (Å²) in [6, 6.07) is 5.93. The van der Waals surface area contributed by atoms with Gasteiger partial charge in [-0.1, -0.05) is 0 Å². The number of carbonyl (C=O) groups excluding carboxylic acids is 2. The molecule has 8 nitrogen and oxygen atoms in total. The van der Waals surface area contributed by atoms with Gasteiger partial charge < -0.3 is 19.0 Å². The van der Waals surface area contributed by atoms with Crippen LogP contribution >= 0.6 is 0 Å². The fourth-order valence-corrected chi connectivity index (χ4v) is 3.16. The number of ether oxygens (including phenoxy) is 1. The first-order valence-corrected chi connectivity index (χ1v) is 9.27. The van der Waals surface area contributed by atoms with Crippen molar-refractivity contribution < 1.29 is 18.7 Å². The summed E-state index contributed by atoms with van der Waals surface area (Å²) in [5.41, 5.74) is 0.146. The number of carbonyl (C=O) groups is 2. The summed E-state index contributed by atoms with van der Waals surface area (Å²) >= 11 is 0. The van der Waals surface area contributed by atoms with Crippen molar-refractivity contribution in [2.75, 3.05) is 32.8 Å². The number of nitrogens with zero attached hydrogens (tertiary/aromatic N) is 3. The zero-order chi connectivity index (χ0) is 20.1. The van der Waals surface area contributed by atoms with E-state index >= 15 is 0 Å². The second-order valence-corrected chi connectivity index (χ2v) is 6.50. The first-order chi connectivity index (χ1) is 13.5. The first kappa shape index (κ1) is 19.6. The number of aryl methyl sites for hydroxylation is 1. The summed E-state index contributed by atoms with van der Waals surface area (Å²) in [7, 11) is 0. The largest absolute Gasteiger partial charge is 0.477 e. The van der Waals surface area contributed by atoms with E-state index in [0.717, 1.165) is 0 Å². The second kappa shape index (κ2) is 8.69. The number of pyridine rings is 1. The van der Waals surface area contributed by atoms with Crippen LogP contribution in [0.25, 0.3) is 0 Å². The van der Waals surface area contributed by atoms with Gasteiger partial charge in [0.1, 0.15) is 11.3 Å². The standard InChI is InChI=1S/C20H23N3O5/c1-3-27-18-16(6-4-7-21-18)19(25)22-8-5-9-23(11-10-22)20(26)17-13-15(24)12-14(2)28-17/h4,6-7,12-13H,3,5,8-11H2,1-2H3. The summed E-state index contributed by atoms with van der Waals surface area (Å²) in [6.45, 7) is 5.61. The van der Waals surface area contributed by atoms with Gasteiger partial charge in [-0.3, -0.25) is 14.4 Å². The fourth-order valence-electron chi connectivity index (χ4n) is 3.16. The van der Waals surface area contributed by atoms with Crippen molar-refractivity contribution in [3.8, 4) is 5.88 Å². The molecule has 0 atom stereocenters. The van der Waals surface area contributed by atoms with Gasteiger partial charge in [0, 0.05) is 44.5 Å². The Morgan fingerprint density at radius 1 is 1.14 bits per heavy atom. The Morgan fingerprint density at radius 3 is 2.54 bits per heavy atom.